The minimum Gasteiger partial charge on any atom is -0.352 e. The van der Waals surface area contributed by atoms with E-state index in [9.17, 15) is 22.4 Å². The summed E-state index contributed by atoms with van der Waals surface area (Å²) in [6.45, 7) is 4.43. The van der Waals surface area contributed by atoms with Crippen LogP contribution in [0.15, 0.2) is 42.5 Å². The van der Waals surface area contributed by atoms with Crippen LogP contribution in [0.25, 0.3) is 0 Å². The van der Waals surface area contributed by atoms with Crippen molar-refractivity contribution in [2.75, 3.05) is 24.9 Å². The zero-order valence-electron chi connectivity index (χ0n) is 20.8. The molecule has 0 spiro atoms. The summed E-state index contributed by atoms with van der Waals surface area (Å²) in [7, 11) is -1.71. The lowest BCUT2D eigenvalue weighted by atomic mass is 10.1. The number of halogens is 3. The zero-order valence-corrected chi connectivity index (χ0v) is 23.2. The van der Waals surface area contributed by atoms with Crippen LogP contribution in [0.3, 0.4) is 0 Å². The second-order valence-corrected chi connectivity index (χ2v) is 11.4. The van der Waals surface area contributed by atoms with Crippen LogP contribution in [0.4, 0.5) is 10.1 Å². The Morgan fingerprint density at radius 3 is 2.28 bits per heavy atom. The van der Waals surface area contributed by atoms with Crippen molar-refractivity contribution in [2.45, 2.75) is 45.8 Å². The molecule has 36 heavy (non-hydrogen) atoms. The number of para-hydroxylation sites is 1. The normalized spacial score (nSPS) is 13.2. The number of nitrogens with one attached hydrogen (secondary N) is 1. The lowest BCUT2D eigenvalue weighted by Crippen LogP contribution is -2.53. The van der Waals surface area contributed by atoms with Gasteiger partial charge in [0.1, 0.15) is 18.4 Å². The Morgan fingerprint density at radius 2 is 1.72 bits per heavy atom. The topological polar surface area (TPSA) is 90.0 Å². The Balaban J connectivity index is 2.50. The van der Waals surface area contributed by atoms with Crippen molar-refractivity contribution >= 4 is 50.9 Å². The smallest absolute Gasteiger partial charge is 0.304 e. The minimum atomic E-state index is -4.26. The molecule has 0 bridgehead atoms. The van der Waals surface area contributed by atoms with Crippen LogP contribution in [0.1, 0.15) is 32.8 Å². The van der Waals surface area contributed by atoms with Gasteiger partial charge in [-0.25, -0.2) is 8.70 Å². The maximum atomic E-state index is 14.6. The van der Waals surface area contributed by atoms with Gasteiger partial charge >= 0.3 is 10.2 Å². The van der Waals surface area contributed by atoms with Crippen molar-refractivity contribution in [1.82, 2.24) is 14.5 Å². The average Bonchev–Trinajstić information content (AvgIpc) is 2.81. The Bertz CT molecular complexity index is 1200. The monoisotopic (exact) mass is 560 g/mol. The van der Waals surface area contributed by atoms with Crippen LogP contribution in [-0.2, 0) is 26.3 Å². The minimum absolute atomic E-state index is 0.100. The first kappa shape index (κ1) is 29.8. The number of hydrogen-bond donors (Lipinski definition) is 1. The molecule has 0 saturated heterocycles. The molecule has 2 aromatic rings. The van der Waals surface area contributed by atoms with Gasteiger partial charge in [0.25, 0.3) is 0 Å². The highest BCUT2D eigenvalue weighted by Crippen LogP contribution is 2.26. The molecular formula is C24H31Cl2FN4O4S. The summed E-state index contributed by atoms with van der Waals surface area (Å²) in [6.07, 6.45) is 0.678. The van der Waals surface area contributed by atoms with Crippen LogP contribution < -0.4 is 9.62 Å². The molecule has 0 radical (unpaired) electrons. The molecular weight excluding hydrogens is 530 g/mol. The molecule has 2 aromatic carbocycles. The summed E-state index contributed by atoms with van der Waals surface area (Å²) in [5, 5.41) is 3.50. The van der Waals surface area contributed by atoms with Crippen LogP contribution in [0.5, 0.6) is 0 Å². The molecule has 1 N–H and O–H groups in total. The van der Waals surface area contributed by atoms with E-state index < -0.39 is 40.4 Å². The number of carbonyl (C=O) groups is 2. The Kier molecular flexibility index (Phi) is 10.5. The van der Waals surface area contributed by atoms with E-state index in [1.807, 2.05) is 13.8 Å². The highest BCUT2D eigenvalue weighted by atomic mass is 35.5. The van der Waals surface area contributed by atoms with Crippen molar-refractivity contribution in [2.24, 2.45) is 0 Å². The standard InChI is InChI=1S/C24H31Cl2FN4O4S/c1-6-16(2)28-24(33)17(3)30(14-18-11-12-19(25)13-20(18)26)23(32)15-31(36(34,35)29(4)5)22-10-8-7-9-21(22)27/h7-13,16-17H,6,14-15H2,1-5H3,(H,28,33)/t16-,17+/m1/s1. The number of hydrogen-bond acceptors (Lipinski definition) is 4. The number of nitrogens with zero attached hydrogens (tertiary/aromatic N) is 3. The lowest BCUT2D eigenvalue weighted by Gasteiger charge is -2.33. The molecule has 0 aromatic heterocycles. The Labute approximate surface area is 222 Å². The summed E-state index contributed by atoms with van der Waals surface area (Å²) in [5.41, 5.74) is 0.214. The average molecular weight is 562 g/mol. The summed E-state index contributed by atoms with van der Waals surface area (Å²) in [6, 6.07) is 8.85. The van der Waals surface area contributed by atoms with E-state index >= 15 is 0 Å². The second kappa shape index (κ2) is 12.7. The first-order chi connectivity index (χ1) is 16.8. The lowest BCUT2D eigenvalue weighted by molar-refractivity contribution is -0.139. The number of benzene rings is 2. The summed E-state index contributed by atoms with van der Waals surface area (Å²) < 4.78 is 42.4. The van der Waals surface area contributed by atoms with E-state index in [0.29, 0.717) is 21.3 Å². The fourth-order valence-electron chi connectivity index (χ4n) is 3.24. The van der Waals surface area contributed by atoms with Gasteiger partial charge in [0.15, 0.2) is 0 Å². The molecule has 0 aliphatic heterocycles. The van der Waals surface area contributed by atoms with Gasteiger partial charge in [-0.1, -0.05) is 48.3 Å². The molecule has 0 saturated carbocycles. The van der Waals surface area contributed by atoms with E-state index in [4.69, 9.17) is 23.2 Å². The number of carbonyl (C=O) groups excluding carboxylic acids is 2. The number of anilines is 1. The predicted octanol–water partition coefficient (Wildman–Crippen LogP) is 4.08. The van der Waals surface area contributed by atoms with E-state index in [2.05, 4.69) is 5.32 Å². The van der Waals surface area contributed by atoms with Crippen LogP contribution in [-0.4, -0.2) is 62.2 Å². The maximum absolute atomic E-state index is 14.6. The van der Waals surface area contributed by atoms with Gasteiger partial charge in [0.2, 0.25) is 11.8 Å². The van der Waals surface area contributed by atoms with Crippen molar-refractivity contribution in [3.63, 3.8) is 0 Å². The molecule has 2 rings (SSSR count). The third-order valence-electron chi connectivity index (χ3n) is 5.66. The Morgan fingerprint density at radius 1 is 1.08 bits per heavy atom. The van der Waals surface area contributed by atoms with Gasteiger partial charge in [0, 0.05) is 36.7 Å². The SMILES string of the molecule is CC[C@@H](C)NC(=O)[C@H](C)N(Cc1ccc(Cl)cc1Cl)C(=O)CN(c1ccccc1F)S(=O)(=O)N(C)C. The summed E-state index contributed by atoms with van der Waals surface area (Å²) >= 11 is 12.3. The Hall–Kier alpha value is -2.40. The second-order valence-electron chi connectivity index (χ2n) is 8.50. The highest BCUT2D eigenvalue weighted by molar-refractivity contribution is 7.90. The molecule has 2 amide bonds. The fourth-order valence-corrected chi connectivity index (χ4v) is 4.77. The van der Waals surface area contributed by atoms with Gasteiger partial charge in [-0.2, -0.15) is 12.7 Å². The zero-order chi connectivity index (χ0) is 27.2. The molecule has 2 atom stereocenters. The van der Waals surface area contributed by atoms with E-state index in [-0.39, 0.29) is 23.3 Å². The van der Waals surface area contributed by atoms with Crippen molar-refractivity contribution in [3.05, 3.63) is 63.9 Å². The molecule has 0 unspecified atom stereocenters. The van der Waals surface area contributed by atoms with Gasteiger partial charge in [-0.3, -0.25) is 9.59 Å². The van der Waals surface area contributed by atoms with Crippen LogP contribution in [0.2, 0.25) is 10.0 Å². The van der Waals surface area contributed by atoms with Crippen molar-refractivity contribution in [3.8, 4) is 0 Å². The van der Waals surface area contributed by atoms with Gasteiger partial charge < -0.3 is 10.2 Å². The molecule has 0 aliphatic carbocycles. The summed E-state index contributed by atoms with van der Waals surface area (Å²) in [5.74, 6) is -1.96. The van der Waals surface area contributed by atoms with Gasteiger partial charge in [-0.15, -0.1) is 0 Å². The first-order valence-corrected chi connectivity index (χ1v) is 13.4. The predicted molar refractivity (Wildman–Crippen MR) is 141 cm³/mol. The quantitative estimate of drug-likeness (QED) is 0.448. The molecule has 0 fully saturated rings. The third-order valence-corrected chi connectivity index (χ3v) is 8.06. The first-order valence-electron chi connectivity index (χ1n) is 11.3. The molecule has 8 nitrogen and oxygen atoms in total. The van der Waals surface area contributed by atoms with E-state index in [1.165, 1.54) is 50.2 Å². The molecule has 0 aliphatic rings. The molecule has 12 heteroatoms. The van der Waals surface area contributed by atoms with E-state index in [0.717, 1.165) is 10.4 Å². The van der Waals surface area contributed by atoms with Crippen molar-refractivity contribution in [1.29, 1.82) is 0 Å². The molecule has 198 valence electrons. The number of rotatable bonds is 11. The van der Waals surface area contributed by atoms with Crippen LogP contribution in [0, 0.1) is 5.82 Å². The fraction of sp³-hybridized carbons (Fsp3) is 0.417. The van der Waals surface area contributed by atoms with Crippen LogP contribution >= 0.6 is 23.2 Å². The largest absolute Gasteiger partial charge is 0.352 e. The maximum Gasteiger partial charge on any atom is 0.304 e. The molecule has 0 heterocycles. The van der Waals surface area contributed by atoms with Gasteiger partial charge in [0.05, 0.1) is 5.69 Å². The third kappa shape index (κ3) is 7.32. The highest BCUT2D eigenvalue weighted by Gasteiger charge is 2.34. The summed E-state index contributed by atoms with van der Waals surface area (Å²) in [4.78, 5) is 27.8. The van der Waals surface area contributed by atoms with Gasteiger partial charge in [-0.05, 0) is 50.1 Å². The number of amides is 2. The van der Waals surface area contributed by atoms with E-state index in [1.54, 1.807) is 12.1 Å². The van der Waals surface area contributed by atoms with Crippen molar-refractivity contribution < 1.29 is 22.4 Å².